The van der Waals surface area contributed by atoms with Crippen LogP contribution in [0.1, 0.15) is 30.7 Å². The standard InChI is InChI=1S/C14H26N4O2S2.HI/c1-4-15-14(17-11-13-12(3)7-10-21-13)16-8-6-9-18-22(19,20)5-2;/h7,10,18H,4-6,8-9,11H2,1-3H3,(H2,15,16,17);1H. The molecule has 23 heavy (non-hydrogen) atoms. The second kappa shape index (κ2) is 12.0. The van der Waals surface area contributed by atoms with Crippen molar-refractivity contribution in [2.45, 2.75) is 33.7 Å². The van der Waals surface area contributed by atoms with Gasteiger partial charge >= 0.3 is 0 Å². The Balaban J connectivity index is 0.00000484. The average molecular weight is 474 g/mol. The molecular formula is C14H27IN4O2S2. The second-order valence-corrected chi connectivity index (χ2v) is 7.90. The highest BCUT2D eigenvalue weighted by atomic mass is 127. The molecule has 0 aromatic carbocycles. The number of hydrogen-bond donors (Lipinski definition) is 3. The van der Waals surface area contributed by atoms with Gasteiger partial charge in [0.2, 0.25) is 10.0 Å². The molecule has 1 aromatic heterocycles. The molecule has 0 aliphatic carbocycles. The van der Waals surface area contributed by atoms with Crippen molar-refractivity contribution in [2.24, 2.45) is 4.99 Å². The number of rotatable bonds is 9. The van der Waals surface area contributed by atoms with E-state index in [2.05, 4.69) is 38.7 Å². The van der Waals surface area contributed by atoms with Gasteiger partial charge in [0.25, 0.3) is 0 Å². The molecule has 6 nitrogen and oxygen atoms in total. The summed E-state index contributed by atoms with van der Waals surface area (Å²) < 4.78 is 25.1. The molecule has 0 bridgehead atoms. The number of hydrogen-bond acceptors (Lipinski definition) is 4. The molecule has 3 N–H and O–H groups in total. The first kappa shape index (κ1) is 22.6. The molecule has 134 valence electrons. The molecule has 0 spiro atoms. The molecule has 0 radical (unpaired) electrons. The molecule has 0 aliphatic rings. The van der Waals surface area contributed by atoms with Gasteiger partial charge in [-0.05, 0) is 44.2 Å². The number of nitrogens with one attached hydrogen (secondary N) is 3. The van der Waals surface area contributed by atoms with E-state index in [1.807, 2.05) is 6.92 Å². The van der Waals surface area contributed by atoms with Crippen LogP contribution < -0.4 is 15.4 Å². The van der Waals surface area contributed by atoms with E-state index in [9.17, 15) is 8.42 Å². The summed E-state index contributed by atoms with van der Waals surface area (Å²) >= 11 is 1.71. The third-order valence-electron chi connectivity index (χ3n) is 3.04. The van der Waals surface area contributed by atoms with E-state index in [1.165, 1.54) is 10.4 Å². The predicted octanol–water partition coefficient (Wildman–Crippen LogP) is 2.06. The van der Waals surface area contributed by atoms with Crippen LogP contribution in [0.4, 0.5) is 0 Å². The molecule has 1 heterocycles. The first-order valence-corrected chi connectivity index (χ1v) is 10.0. The highest BCUT2D eigenvalue weighted by Gasteiger charge is 2.05. The zero-order valence-corrected chi connectivity index (χ0v) is 17.8. The molecule has 0 aliphatic heterocycles. The van der Waals surface area contributed by atoms with Gasteiger partial charge in [0, 0.05) is 24.5 Å². The molecule has 1 aromatic rings. The predicted molar refractivity (Wildman–Crippen MR) is 109 cm³/mol. The maximum absolute atomic E-state index is 11.3. The Kier molecular flexibility index (Phi) is 11.8. The van der Waals surface area contributed by atoms with E-state index in [1.54, 1.807) is 18.3 Å². The summed E-state index contributed by atoms with van der Waals surface area (Å²) in [4.78, 5) is 5.80. The first-order chi connectivity index (χ1) is 10.5. The highest BCUT2D eigenvalue weighted by molar-refractivity contribution is 14.0. The summed E-state index contributed by atoms with van der Waals surface area (Å²) in [6, 6.07) is 2.09. The molecule has 1 rings (SSSR count). The third-order valence-corrected chi connectivity index (χ3v) is 5.45. The van der Waals surface area contributed by atoms with Crippen LogP contribution >= 0.6 is 35.3 Å². The van der Waals surface area contributed by atoms with Gasteiger partial charge in [-0.1, -0.05) is 0 Å². The Bertz CT molecular complexity index is 573. The van der Waals surface area contributed by atoms with Gasteiger partial charge in [-0.25, -0.2) is 18.1 Å². The van der Waals surface area contributed by atoms with Crippen molar-refractivity contribution < 1.29 is 8.42 Å². The van der Waals surface area contributed by atoms with Crippen molar-refractivity contribution in [1.29, 1.82) is 0 Å². The minimum absolute atomic E-state index is 0. The summed E-state index contributed by atoms with van der Waals surface area (Å²) in [5, 5.41) is 8.47. The van der Waals surface area contributed by atoms with Crippen molar-refractivity contribution in [3.63, 3.8) is 0 Å². The monoisotopic (exact) mass is 474 g/mol. The Morgan fingerprint density at radius 2 is 2.00 bits per heavy atom. The molecule has 0 fully saturated rings. The molecule has 0 amide bonds. The zero-order chi connectivity index (χ0) is 16.4. The molecule has 0 saturated heterocycles. The van der Waals surface area contributed by atoms with Crippen LogP contribution in [0.3, 0.4) is 0 Å². The number of nitrogens with zero attached hydrogens (tertiary/aromatic N) is 1. The zero-order valence-electron chi connectivity index (χ0n) is 13.9. The lowest BCUT2D eigenvalue weighted by Gasteiger charge is -2.11. The lowest BCUT2D eigenvalue weighted by atomic mass is 10.3. The Morgan fingerprint density at radius 3 is 2.57 bits per heavy atom. The fraction of sp³-hybridized carbons (Fsp3) is 0.643. The second-order valence-electron chi connectivity index (χ2n) is 4.80. The van der Waals surface area contributed by atoms with Crippen LogP contribution in [0.2, 0.25) is 0 Å². The first-order valence-electron chi connectivity index (χ1n) is 7.51. The summed E-state index contributed by atoms with van der Waals surface area (Å²) in [6.07, 6.45) is 0.710. The smallest absolute Gasteiger partial charge is 0.211 e. The summed E-state index contributed by atoms with van der Waals surface area (Å²) in [7, 11) is -3.10. The van der Waals surface area contributed by atoms with Gasteiger partial charge < -0.3 is 10.6 Å². The number of sulfonamides is 1. The topological polar surface area (TPSA) is 82.6 Å². The van der Waals surface area contributed by atoms with Crippen molar-refractivity contribution in [2.75, 3.05) is 25.4 Å². The van der Waals surface area contributed by atoms with E-state index in [4.69, 9.17) is 0 Å². The van der Waals surface area contributed by atoms with Gasteiger partial charge in [-0.3, -0.25) is 0 Å². The van der Waals surface area contributed by atoms with Crippen LogP contribution in [0, 0.1) is 6.92 Å². The number of aliphatic imine (C=N–C) groups is 1. The summed E-state index contributed by atoms with van der Waals surface area (Å²) in [6.45, 7) is 8.28. The number of thiophene rings is 1. The van der Waals surface area contributed by atoms with Gasteiger partial charge in [0.05, 0.1) is 12.3 Å². The van der Waals surface area contributed by atoms with E-state index in [0.717, 1.165) is 12.5 Å². The van der Waals surface area contributed by atoms with Crippen molar-refractivity contribution in [3.8, 4) is 0 Å². The van der Waals surface area contributed by atoms with Crippen LogP contribution in [0.5, 0.6) is 0 Å². The maximum Gasteiger partial charge on any atom is 0.211 e. The van der Waals surface area contributed by atoms with Crippen molar-refractivity contribution >= 4 is 51.3 Å². The average Bonchev–Trinajstić information content (AvgIpc) is 2.89. The molecule has 9 heteroatoms. The SMILES string of the molecule is CCNC(=NCc1sccc1C)NCCCNS(=O)(=O)CC.I. The molecule has 0 atom stereocenters. The molecule has 0 unspecified atom stereocenters. The lowest BCUT2D eigenvalue weighted by molar-refractivity contribution is 0.579. The van der Waals surface area contributed by atoms with Crippen molar-refractivity contribution in [1.82, 2.24) is 15.4 Å². The quantitative estimate of drug-likeness (QED) is 0.222. The lowest BCUT2D eigenvalue weighted by Crippen LogP contribution is -2.38. The summed E-state index contributed by atoms with van der Waals surface area (Å²) in [5.74, 6) is 0.874. The molecular weight excluding hydrogens is 447 g/mol. The van der Waals surface area contributed by atoms with E-state index >= 15 is 0 Å². The highest BCUT2D eigenvalue weighted by Crippen LogP contribution is 2.16. The number of halogens is 1. The largest absolute Gasteiger partial charge is 0.357 e. The fourth-order valence-corrected chi connectivity index (χ4v) is 3.17. The number of aryl methyl sites for hydroxylation is 1. The van der Waals surface area contributed by atoms with E-state index in [-0.39, 0.29) is 29.7 Å². The van der Waals surface area contributed by atoms with Gasteiger partial charge in [0.1, 0.15) is 0 Å². The minimum atomic E-state index is -3.10. The van der Waals surface area contributed by atoms with Crippen LogP contribution in [0.25, 0.3) is 0 Å². The van der Waals surface area contributed by atoms with Gasteiger partial charge in [-0.2, -0.15) is 0 Å². The van der Waals surface area contributed by atoms with Gasteiger partial charge in [-0.15, -0.1) is 35.3 Å². The summed E-state index contributed by atoms with van der Waals surface area (Å²) in [5.41, 5.74) is 1.26. The minimum Gasteiger partial charge on any atom is -0.357 e. The van der Waals surface area contributed by atoms with Crippen LogP contribution in [0.15, 0.2) is 16.4 Å². The van der Waals surface area contributed by atoms with Crippen molar-refractivity contribution in [3.05, 3.63) is 21.9 Å². The third kappa shape index (κ3) is 9.48. The Labute approximate surface area is 160 Å². The Hall–Kier alpha value is -0.390. The van der Waals surface area contributed by atoms with Crippen LogP contribution in [-0.2, 0) is 16.6 Å². The molecule has 0 saturated carbocycles. The van der Waals surface area contributed by atoms with Crippen LogP contribution in [-0.4, -0.2) is 39.8 Å². The van der Waals surface area contributed by atoms with E-state index < -0.39 is 10.0 Å². The normalized spacial score (nSPS) is 11.9. The Morgan fingerprint density at radius 1 is 1.26 bits per heavy atom. The number of guanidine groups is 1. The maximum atomic E-state index is 11.3. The van der Waals surface area contributed by atoms with Gasteiger partial charge in [0.15, 0.2) is 5.96 Å². The van der Waals surface area contributed by atoms with E-state index in [0.29, 0.717) is 26.1 Å². The fourth-order valence-electron chi connectivity index (χ4n) is 1.68.